The summed E-state index contributed by atoms with van der Waals surface area (Å²) in [6, 6.07) is 15.5. The molecule has 0 saturated carbocycles. The minimum atomic E-state index is -1.43. The highest BCUT2D eigenvalue weighted by molar-refractivity contribution is 5.90. The number of esters is 3. The van der Waals surface area contributed by atoms with Crippen LogP contribution in [0, 0.1) is 11.8 Å². The van der Waals surface area contributed by atoms with Gasteiger partial charge < -0.3 is 39.4 Å². The fourth-order valence-electron chi connectivity index (χ4n) is 4.10. The number of carboxylic acids is 1. The number of carbonyl (C=O) groups excluding carboxylic acids is 5. The smallest absolute Gasteiger partial charge is 0.408 e. The molecule has 0 heterocycles. The second-order valence-electron chi connectivity index (χ2n) is 11.1. The van der Waals surface area contributed by atoms with Crippen LogP contribution in [-0.2, 0) is 56.1 Å². The van der Waals surface area contributed by atoms with Gasteiger partial charge in [-0.05, 0) is 23.0 Å². The number of alkyl carbamates (subject to hydrolysis) is 2. The van der Waals surface area contributed by atoms with Crippen LogP contribution in [0.1, 0.15) is 58.1 Å². The molecule has 0 aliphatic carbocycles. The summed E-state index contributed by atoms with van der Waals surface area (Å²) in [6.45, 7) is 5.67. The van der Waals surface area contributed by atoms with E-state index in [-0.39, 0.29) is 13.2 Å². The normalized spacial score (nSPS) is 13.8. The molecule has 1 unspecified atom stereocenters. The number of amides is 2. The summed E-state index contributed by atoms with van der Waals surface area (Å²) in [7, 11) is 0. The predicted molar refractivity (Wildman–Crippen MR) is 170 cm³/mol. The molecule has 2 aromatic carbocycles. The predicted octanol–water partition coefficient (Wildman–Crippen LogP) is 4.14. The Labute approximate surface area is 279 Å². The molecular formula is C34H44N2O12. The van der Waals surface area contributed by atoms with Crippen molar-refractivity contribution in [3.63, 3.8) is 0 Å². The van der Waals surface area contributed by atoms with Crippen LogP contribution in [0.5, 0.6) is 0 Å². The molecule has 48 heavy (non-hydrogen) atoms. The molecule has 0 spiro atoms. The molecule has 0 aliphatic heterocycles. The number of ether oxygens (including phenoxy) is 5. The summed E-state index contributed by atoms with van der Waals surface area (Å²) in [6.07, 6.45) is -3.14. The molecule has 2 rings (SSSR count). The second kappa shape index (κ2) is 20.9. The summed E-state index contributed by atoms with van der Waals surface area (Å²) >= 11 is 0. The van der Waals surface area contributed by atoms with Crippen molar-refractivity contribution in [2.24, 2.45) is 11.8 Å². The van der Waals surface area contributed by atoms with Crippen LogP contribution in [0.2, 0.25) is 0 Å². The van der Waals surface area contributed by atoms with Crippen molar-refractivity contribution in [2.45, 2.75) is 78.4 Å². The Morgan fingerprint density at radius 1 is 0.646 bits per heavy atom. The van der Waals surface area contributed by atoms with E-state index < -0.39 is 85.7 Å². The van der Waals surface area contributed by atoms with Gasteiger partial charge in [0.05, 0.1) is 0 Å². The van der Waals surface area contributed by atoms with Gasteiger partial charge in [0, 0.05) is 0 Å². The van der Waals surface area contributed by atoms with Gasteiger partial charge in [0.1, 0.15) is 44.9 Å². The Morgan fingerprint density at radius 3 is 1.52 bits per heavy atom. The Bertz CT molecular complexity index is 1340. The number of hydrogen-bond acceptors (Lipinski definition) is 11. The van der Waals surface area contributed by atoms with Gasteiger partial charge in [-0.1, -0.05) is 101 Å². The Kier molecular flexibility index (Phi) is 17.0. The third-order valence-electron chi connectivity index (χ3n) is 7.33. The SMILES string of the molecule is CC[C@H](C)[C@H](NC(=O)OCc1ccccc1)C(=O)OCC(COC(=O)CC(=O)O)OC(=O)[C@@H](NC(=O)OCc1ccccc1)[C@@H](C)CC. The van der Waals surface area contributed by atoms with E-state index in [2.05, 4.69) is 10.6 Å². The van der Waals surface area contributed by atoms with Crippen molar-refractivity contribution in [1.29, 1.82) is 0 Å². The zero-order chi connectivity index (χ0) is 35.5. The highest BCUT2D eigenvalue weighted by atomic mass is 16.6. The topological polar surface area (TPSA) is 193 Å². The minimum Gasteiger partial charge on any atom is -0.481 e. The number of benzene rings is 2. The first-order chi connectivity index (χ1) is 22.9. The van der Waals surface area contributed by atoms with E-state index in [1.165, 1.54) is 0 Å². The van der Waals surface area contributed by atoms with Gasteiger partial charge >= 0.3 is 36.1 Å². The van der Waals surface area contributed by atoms with E-state index in [0.717, 1.165) is 11.1 Å². The molecule has 2 aromatic rings. The summed E-state index contributed by atoms with van der Waals surface area (Å²) in [4.78, 5) is 74.4. The fourth-order valence-corrected chi connectivity index (χ4v) is 4.10. The first-order valence-corrected chi connectivity index (χ1v) is 15.6. The quantitative estimate of drug-likeness (QED) is 0.110. The van der Waals surface area contributed by atoms with E-state index in [4.69, 9.17) is 28.8 Å². The number of carboxylic acid groups (broad SMARTS) is 1. The number of rotatable bonds is 19. The van der Waals surface area contributed by atoms with E-state index in [9.17, 15) is 28.8 Å². The van der Waals surface area contributed by atoms with Crippen molar-refractivity contribution in [3.05, 3.63) is 71.8 Å². The molecule has 0 radical (unpaired) electrons. The monoisotopic (exact) mass is 672 g/mol. The van der Waals surface area contributed by atoms with Crippen LogP contribution in [0.25, 0.3) is 0 Å². The molecule has 0 saturated heterocycles. The molecule has 0 fully saturated rings. The van der Waals surface area contributed by atoms with Gasteiger partial charge in [-0.3, -0.25) is 9.59 Å². The highest BCUT2D eigenvalue weighted by Crippen LogP contribution is 2.14. The lowest BCUT2D eigenvalue weighted by Crippen LogP contribution is -2.49. The molecule has 0 bridgehead atoms. The number of carbonyl (C=O) groups is 6. The van der Waals surface area contributed by atoms with Gasteiger partial charge in [0.25, 0.3) is 0 Å². The summed E-state index contributed by atoms with van der Waals surface area (Å²) in [5.41, 5.74) is 1.47. The average molecular weight is 673 g/mol. The summed E-state index contributed by atoms with van der Waals surface area (Å²) in [5, 5.41) is 13.9. The maximum Gasteiger partial charge on any atom is 0.408 e. The van der Waals surface area contributed by atoms with Crippen LogP contribution in [-0.4, -0.2) is 72.6 Å². The van der Waals surface area contributed by atoms with E-state index in [1.54, 1.807) is 76.2 Å². The maximum atomic E-state index is 13.3. The average Bonchev–Trinajstić information content (AvgIpc) is 3.08. The number of aliphatic carboxylic acids is 1. The van der Waals surface area contributed by atoms with Gasteiger partial charge in [0.15, 0.2) is 6.10 Å². The standard InChI is InChI=1S/C34H44N2O12/c1-5-22(3)29(35-33(42)46-18-24-13-9-7-10-14-24)31(40)45-21-26(20-44-28(39)17-27(37)38)48-32(41)30(23(4)6-2)36-34(43)47-19-25-15-11-8-12-16-25/h7-16,22-23,26,29-30H,5-6,17-21H2,1-4H3,(H,35,42)(H,36,43)(H,37,38)/t22-,23-,26?,29-,30-/m0/s1. The first kappa shape index (κ1) is 39.0. The fraction of sp³-hybridized carbons (Fsp3) is 0.471. The highest BCUT2D eigenvalue weighted by Gasteiger charge is 2.33. The molecule has 3 N–H and O–H groups in total. The molecule has 5 atom stereocenters. The van der Waals surface area contributed by atoms with Crippen LogP contribution in [0.15, 0.2) is 60.7 Å². The van der Waals surface area contributed by atoms with Gasteiger partial charge in [-0.25, -0.2) is 19.2 Å². The van der Waals surface area contributed by atoms with Crippen molar-refractivity contribution in [1.82, 2.24) is 10.6 Å². The zero-order valence-corrected chi connectivity index (χ0v) is 27.5. The lowest BCUT2D eigenvalue weighted by molar-refractivity contribution is -0.170. The van der Waals surface area contributed by atoms with Gasteiger partial charge in [-0.15, -0.1) is 0 Å². The first-order valence-electron chi connectivity index (χ1n) is 15.6. The van der Waals surface area contributed by atoms with Crippen molar-refractivity contribution >= 4 is 36.1 Å². The van der Waals surface area contributed by atoms with Crippen LogP contribution in [0.3, 0.4) is 0 Å². The Hall–Kier alpha value is -5.14. The van der Waals surface area contributed by atoms with Crippen molar-refractivity contribution in [3.8, 4) is 0 Å². The van der Waals surface area contributed by atoms with E-state index >= 15 is 0 Å². The molecule has 14 heteroatoms. The van der Waals surface area contributed by atoms with Crippen molar-refractivity contribution < 1.29 is 57.6 Å². The van der Waals surface area contributed by atoms with Crippen LogP contribution in [0.4, 0.5) is 9.59 Å². The van der Waals surface area contributed by atoms with Crippen molar-refractivity contribution in [2.75, 3.05) is 13.2 Å². The third-order valence-corrected chi connectivity index (χ3v) is 7.33. The number of hydrogen-bond donors (Lipinski definition) is 3. The molecule has 2 amide bonds. The van der Waals surface area contributed by atoms with E-state index in [0.29, 0.717) is 12.8 Å². The molecule has 14 nitrogen and oxygen atoms in total. The molecule has 0 aromatic heterocycles. The summed E-state index contributed by atoms with van der Waals surface area (Å²) in [5.74, 6) is -5.18. The number of nitrogens with one attached hydrogen (secondary N) is 2. The minimum absolute atomic E-state index is 0.0279. The van der Waals surface area contributed by atoms with Gasteiger partial charge in [0.2, 0.25) is 0 Å². The Balaban J connectivity index is 2.10. The summed E-state index contributed by atoms with van der Waals surface area (Å²) < 4.78 is 26.3. The third kappa shape index (κ3) is 14.5. The van der Waals surface area contributed by atoms with E-state index in [1.807, 2.05) is 12.1 Å². The van der Waals surface area contributed by atoms with Crippen LogP contribution < -0.4 is 10.6 Å². The molecule has 0 aliphatic rings. The molecular weight excluding hydrogens is 628 g/mol. The largest absolute Gasteiger partial charge is 0.481 e. The Morgan fingerprint density at radius 2 is 1.08 bits per heavy atom. The maximum absolute atomic E-state index is 13.3. The lowest BCUT2D eigenvalue weighted by Gasteiger charge is -2.26. The lowest BCUT2D eigenvalue weighted by atomic mass is 9.99. The molecule has 262 valence electrons. The van der Waals surface area contributed by atoms with Crippen LogP contribution >= 0.6 is 0 Å². The zero-order valence-electron chi connectivity index (χ0n) is 27.5. The van der Waals surface area contributed by atoms with Gasteiger partial charge in [-0.2, -0.15) is 0 Å². The second-order valence-corrected chi connectivity index (χ2v) is 11.1.